The van der Waals surface area contributed by atoms with Gasteiger partial charge in [0.2, 0.25) is 0 Å². The summed E-state index contributed by atoms with van der Waals surface area (Å²) in [4.78, 5) is 35.7. The first-order valence-electron chi connectivity index (χ1n) is 7.27. The molecule has 1 aliphatic rings. The predicted octanol–water partition coefficient (Wildman–Crippen LogP) is 3.45. The number of benzene rings is 2. The van der Waals surface area contributed by atoms with Gasteiger partial charge in [-0.25, -0.2) is 4.79 Å². The van der Waals surface area contributed by atoms with Gasteiger partial charge in [0.05, 0.1) is 11.5 Å². The smallest absolute Gasteiger partial charge is 0.303 e. The van der Waals surface area contributed by atoms with Crippen molar-refractivity contribution in [2.24, 2.45) is 0 Å². The van der Waals surface area contributed by atoms with E-state index in [9.17, 15) is 19.7 Å². The Morgan fingerprint density at radius 2 is 1.72 bits per heavy atom. The van der Waals surface area contributed by atoms with E-state index in [1.54, 1.807) is 0 Å². The molecule has 1 fully saturated rings. The van der Waals surface area contributed by atoms with Gasteiger partial charge in [-0.1, -0.05) is 28.1 Å². The van der Waals surface area contributed by atoms with Crippen molar-refractivity contribution in [3.8, 4) is 0 Å². The van der Waals surface area contributed by atoms with Crippen molar-refractivity contribution in [3.05, 3.63) is 79.9 Å². The number of nitrogens with one attached hydrogen (secondary N) is 1. The first-order chi connectivity index (χ1) is 11.9. The van der Waals surface area contributed by atoms with E-state index in [-0.39, 0.29) is 17.9 Å². The normalized spacial score (nSPS) is 15.6. The lowest BCUT2D eigenvalue weighted by molar-refractivity contribution is -0.384. The van der Waals surface area contributed by atoms with Gasteiger partial charge in [-0.05, 0) is 41.5 Å². The fourth-order valence-corrected chi connectivity index (χ4v) is 2.61. The summed E-state index contributed by atoms with van der Waals surface area (Å²) in [6.07, 6.45) is 1.49. The molecule has 0 saturated carbocycles. The number of nitro benzene ring substituents is 1. The van der Waals surface area contributed by atoms with E-state index in [1.165, 1.54) is 30.3 Å². The fraction of sp³-hybridized carbons (Fsp3) is 0.0588. The number of rotatable bonds is 4. The van der Waals surface area contributed by atoms with Crippen molar-refractivity contribution in [3.63, 3.8) is 0 Å². The Balaban J connectivity index is 1.78. The van der Waals surface area contributed by atoms with E-state index in [0.717, 1.165) is 14.9 Å². The molecule has 3 rings (SSSR count). The molecule has 1 N–H and O–H groups in total. The quantitative estimate of drug-likeness (QED) is 0.367. The number of carbonyl (C=O) groups excluding carboxylic acids is 2. The fourth-order valence-electron chi connectivity index (χ4n) is 2.35. The third-order valence-electron chi connectivity index (χ3n) is 3.63. The monoisotopic (exact) mass is 401 g/mol. The average molecular weight is 402 g/mol. The summed E-state index contributed by atoms with van der Waals surface area (Å²) >= 11 is 3.33. The van der Waals surface area contributed by atoms with Crippen LogP contribution >= 0.6 is 15.9 Å². The number of imide groups is 1. The van der Waals surface area contributed by atoms with Gasteiger partial charge in [-0.15, -0.1) is 0 Å². The molecule has 1 heterocycles. The van der Waals surface area contributed by atoms with Crippen molar-refractivity contribution in [1.29, 1.82) is 0 Å². The third kappa shape index (κ3) is 3.74. The zero-order valence-electron chi connectivity index (χ0n) is 12.8. The van der Waals surface area contributed by atoms with Crippen LogP contribution in [0.2, 0.25) is 0 Å². The largest absolute Gasteiger partial charge is 0.329 e. The summed E-state index contributed by atoms with van der Waals surface area (Å²) in [5, 5.41) is 13.2. The Morgan fingerprint density at radius 1 is 1.08 bits per heavy atom. The molecular weight excluding hydrogens is 390 g/mol. The number of nitrogens with zero attached hydrogens (tertiary/aromatic N) is 2. The minimum absolute atomic E-state index is 0.0409. The molecule has 0 aromatic heterocycles. The number of hydrogen-bond donors (Lipinski definition) is 1. The van der Waals surface area contributed by atoms with Gasteiger partial charge in [-0.2, -0.15) is 0 Å². The first-order valence-corrected chi connectivity index (χ1v) is 8.07. The van der Waals surface area contributed by atoms with Crippen LogP contribution < -0.4 is 5.32 Å². The van der Waals surface area contributed by atoms with Crippen LogP contribution in [0.15, 0.2) is 58.7 Å². The second-order valence-corrected chi connectivity index (χ2v) is 6.27. The van der Waals surface area contributed by atoms with Crippen molar-refractivity contribution < 1.29 is 14.5 Å². The van der Waals surface area contributed by atoms with Crippen LogP contribution in [0.25, 0.3) is 6.08 Å². The standard InChI is InChI=1S/C17H12BrN3O4/c18-13-5-1-12(2-6-13)10-20-16(22)15(19-17(20)23)9-11-3-7-14(8-4-11)21(24)25/h1-9H,10H2,(H,19,23)/b15-9+. The topological polar surface area (TPSA) is 92.5 Å². The summed E-state index contributed by atoms with van der Waals surface area (Å²) in [6.45, 7) is 0.162. The Kier molecular flexibility index (Phi) is 4.62. The first kappa shape index (κ1) is 16.8. The van der Waals surface area contributed by atoms with Gasteiger partial charge >= 0.3 is 6.03 Å². The van der Waals surface area contributed by atoms with Crippen LogP contribution in [-0.4, -0.2) is 21.8 Å². The molecule has 1 saturated heterocycles. The van der Waals surface area contributed by atoms with Gasteiger partial charge in [0.25, 0.3) is 11.6 Å². The van der Waals surface area contributed by atoms with E-state index in [0.29, 0.717) is 5.56 Å². The van der Waals surface area contributed by atoms with E-state index in [4.69, 9.17) is 0 Å². The number of amides is 3. The van der Waals surface area contributed by atoms with Crippen LogP contribution in [0, 0.1) is 10.1 Å². The van der Waals surface area contributed by atoms with Gasteiger partial charge in [0.15, 0.2) is 0 Å². The average Bonchev–Trinajstić information content (AvgIpc) is 2.85. The van der Waals surface area contributed by atoms with Crippen LogP contribution in [-0.2, 0) is 11.3 Å². The highest BCUT2D eigenvalue weighted by Gasteiger charge is 2.33. The van der Waals surface area contributed by atoms with Gasteiger partial charge in [-0.3, -0.25) is 19.8 Å². The number of carbonyl (C=O) groups is 2. The molecule has 25 heavy (non-hydrogen) atoms. The number of hydrogen-bond acceptors (Lipinski definition) is 4. The highest BCUT2D eigenvalue weighted by Crippen LogP contribution is 2.19. The molecule has 8 heteroatoms. The van der Waals surface area contributed by atoms with E-state index in [2.05, 4.69) is 21.2 Å². The lowest BCUT2D eigenvalue weighted by Crippen LogP contribution is -2.30. The summed E-state index contributed by atoms with van der Waals surface area (Å²) < 4.78 is 0.909. The molecule has 1 aliphatic heterocycles. The van der Waals surface area contributed by atoms with Gasteiger partial charge < -0.3 is 5.32 Å². The molecule has 0 aliphatic carbocycles. The summed E-state index contributed by atoms with van der Waals surface area (Å²) in [5.41, 5.74) is 1.50. The van der Waals surface area contributed by atoms with Gasteiger partial charge in [0, 0.05) is 16.6 Å². The van der Waals surface area contributed by atoms with Crippen LogP contribution in [0.5, 0.6) is 0 Å². The van der Waals surface area contributed by atoms with Crippen LogP contribution in [0.1, 0.15) is 11.1 Å². The van der Waals surface area contributed by atoms with E-state index >= 15 is 0 Å². The highest BCUT2D eigenvalue weighted by atomic mass is 79.9. The molecule has 3 amide bonds. The number of nitro groups is 1. The maximum absolute atomic E-state index is 12.4. The summed E-state index contributed by atoms with van der Waals surface area (Å²) in [6, 6.07) is 12.5. The molecule has 0 bridgehead atoms. The maximum Gasteiger partial charge on any atom is 0.329 e. The molecule has 0 atom stereocenters. The zero-order valence-corrected chi connectivity index (χ0v) is 14.4. The van der Waals surface area contributed by atoms with Crippen molar-refractivity contribution in [2.75, 3.05) is 0 Å². The van der Waals surface area contributed by atoms with E-state index < -0.39 is 16.9 Å². The Morgan fingerprint density at radius 3 is 2.32 bits per heavy atom. The predicted molar refractivity (Wildman–Crippen MR) is 94.3 cm³/mol. The summed E-state index contributed by atoms with van der Waals surface area (Å²) in [7, 11) is 0. The zero-order chi connectivity index (χ0) is 18.0. The second-order valence-electron chi connectivity index (χ2n) is 5.35. The minimum Gasteiger partial charge on any atom is -0.303 e. The van der Waals surface area contributed by atoms with Crippen LogP contribution in [0.3, 0.4) is 0 Å². The number of urea groups is 1. The molecule has 126 valence electrons. The SMILES string of the molecule is O=C1N/C(=C/c2ccc([N+](=O)[O-])cc2)C(=O)N1Cc1ccc(Br)cc1. The minimum atomic E-state index is -0.501. The molecule has 0 spiro atoms. The lowest BCUT2D eigenvalue weighted by atomic mass is 10.1. The lowest BCUT2D eigenvalue weighted by Gasteiger charge is -2.11. The van der Waals surface area contributed by atoms with Crippen LogP contribution in [0.4, 0.5) is 10.5 Å². The second kappa shape index (κ2) is 6.86. The Hall–Kier alpha value is -3.00. The van der Waals surface area contributed by atoms with Crippen molar-refractivity contribution in [1.82, 2.24) is 10.2 Å². The Labute approximate surface area is 151 Å². The summed E-state index contributed by atoms with van der Waals surface area (Å²) in [5.74, 6) is -0.439. The molecular formula is C17H12BrN3O4. The third-order valence-corrected chi connectivity index (χ3v) is 4.16. The van der Waals surface area contributed by atoms with Gasteiger partial charge in [0.1, 0.15) is 5.70 Å². The molecule has 2 aromatic carbocycles. The number of non-ortho nitro benzene ring substituents is 1. The maximum atomic E-state index is 12.4. The number of halogens is 1. The van der Waals surface area contributed by atoms with Crippen molar-refractivity contribution in [2.45, 2.75) is 6.54 Å². The molecule has 0 radical (unpaired) electrons. The Bertz CT molecular complexity index is 876. The molecule has 0 unspecified atom stereocenters. The molecule has 2 aromatic rings. The van der Waals surface area contributed by atoms with E-state index in [1.807, 2.05) is 24.3 Å². The van der Waals surface area contributed by atoms with Crippen molar-refractivity contribution >= 4 is 39.6 Å². The highest BCUT2D eigenvalue weighted by molar-refractivity contribution is 9.10. The molecule has 7 nitrogen and oxygen atoms in total.